The molecule has 1 N–H and O–H groups in total. The van der Waals surface area contributed by atoms with E-state index in [9.17, 15) is 0 Å². The van der Waals surface area contributed by atoms with Gasteiger partial charge in [0.15, 0.2) is 18.9 Å². The highest BCUT2D eigenvalue weighted by molar-refractivity contribution is 5.77. The van der Waals surface area contributed by atoms with Crippen molar-refractivity contribution in [2.75, 3.05) is 0 Å². The number of hydrogen-bond acceptors (Lipinski definition) is 3. The number of nitrogens with zero attached hydrogens (tertiary/aromatic N) is 2. The second-order valence-electron chi connectivity index (χ2n) is 3.19. The highest BCUT2D eigenvalue weighted by Crippen LogP contribution is 1.99. The number of aromatic nitrogens is 1. The maximum atomic E-state index is 8.41. The van der Waals surface area contributed by atoms with E-state index in [4.69, 9.17) is 9.62 Å². The van der Waals surface area contributed by atoms with Crippen LogP contribution in [0, 0.1) is 0 Å². The Morgan fingerprint density at radius 3 is 3.00 bits per heavy atom. The summed E-state index contributed by atoms with van der Waals surface area (Å²) in [6.45, 7) is 0.740. The van der Waals surface area contributed by atoms with E-state index < -0.39 is 0 Å². The van der Waals surface area contributed by atoms with Gasteiger partial charge in [-0.1, -0.05) is 5.16 Å². The summed E-state index contributed by atoms with van der Waals surface area (Å²) in [5.74, 6) is 0. The number of halogens is 1. The van der Waals surface area contributed by atoms with Crippen molar-refractivity contribution in [3.05, 3.63) is 54.2 Å². The number of pyridine rings is 1. The Morgan fingerprint density at radius 2 is 2.31 bits per heavy atom. The van der Waals surface area contributed by atoms with Crippen LogP contribution in [0.3, 0.4) is 0 Å². The molecule has 0 aliphatic rings. The summed E-state index contributed by atoms with van der Waals surface area (Å²) in [6, 6.07) is 5.68. The fraction of sp³-hybridized carbons (Fsp3) is 0.0909. The molecule has 5 heteroatoms. The van der Waals surface area contributed by atoms with Gasteiger partial charge in [0.2, 0.25) is 0 Å². The molecule has 0 radical (unpaired) electrons. The van der Waals surface area contributed by atoms with Crippen LogP contribution in [0.15, 0.2) is 52.7 Å². The molecule has 0 amide bonds. The summed E-state index contributed by atoms with van der Waals surface area (Å²) in [7, 11) is 0. The molecule has 4 nitrogen and oxygen atoms in total. The van der Waals surface area contributed by atoms with Crippen LogP contribution in [0.25, 0.3) is 0 Å². The molecule has 0 aliphatic carbocycles. The van der Waals surface area contributed by atoms with Crippen molar-refractivity contribution in [3.8, 4) is 0 Å². The fourth-order valence-corrected chi connectivity index (χ4v) is 1.38. The molecule has 2 rings (SSSR count). The monoisotopic (exact) mass is 238 g/mol. The normalized spacial score (nSPS) is 10.2. The lowest BCUT2D eigenvalue weighted by molar-refractivity contribution is -0.688. The third-order valence-electron chi connectivity index (χ3n) is 2.03. The van der Waals surface area contributed by atoms with Gasteiger partial charge >= 0.3 is 0 Å². The van der Waals surface area contributed by atoms with Crippen LogP contribution in [0.5, 0.6) is 0 Å². The highest BCUT2D eigenvalue weighted by Gasteiger charge is 2.04. The molecule has 0 aliphatic heterocycles. The summed E-state index contributed by atoms with van der Waals surface area (Å²) < 4.78 is 6.97. The number of furan rings is 1. The maximum Gasteiger partial charge on any atom is 0.178 e. The van der Waals surface area contributed by atoms with Crippen molar-refractivity contribution in [1.29, 1.82) is 0 Å². The molecule has 2 aromatic rings. The molecule has 2 aromatic heterocycles. The Balaban J connectivity index is 0.00000128. The summed E-state index contributed by atoms with van der Waals surface area (Å²) in [4.78, 5) is 0. The highest BCUT2D eigenvalue weighted by atomic mass is 35.5. The van der Waals surface area contributed by atoms with Gasteiger partial charge in [-0.05, 0) is 12.1 Å². The van der Waals surface area contributed by atoms with Crippen molar-refractivity contribution in [1.82, 2.24) is 0 Å². The van der Waals surface area contributed by atoms with Crippen LogP contribution in [-0.2, 0) is 6.54 Å². The van der Waals surface area contributed by atoms with E-state index in [1.165, 1.54) is 6.21 Å². The largest absolute Gasteiger partial charge is 1.00 e. The first-order chi connectivity index (χ1) is 7.38. The molecule has 0 fully saturated rings. The zero-order valence-corrected chi connectivity index (χ0v) is 9.21. The predicted octanol–water partition coefficient (Wildman–Crippen LogP) is -1.57. The quantitative estimate of drug-likeness (QED) is 0.304. The van der Waals surface area contributed by atoms with E-state index in [2.05, 4.69) is 5.16 Å². The first kappa shape index (κ1) is 12.3. The lowest BCUT2D eigenvalue weighted by atomic mass is 10.3. The Labute approximate surface area is 99.2 Å². The van der Waals surface area contributed by atoms with Gasteiger partial charge in [-0.25, -0.2) is 4.57 Å². The van der Waals surface area contributed by atoms with Gasteiger partial charge in [-0.3, -0.25) is 0 Å². The summed E-state index contributed by atoms with van der Waals surface area (Å²) >= 11 is 0. The van der Waals surface area contributed by atoms with Crippen molar-refractivity contribution < 1.29 is 26.6 Å². The van der Waals surface area contributed by atoms with Crippen LogP contribution in [-0.4, -0.2) is 11.4 Å². The first-order valence-corrected chi connectivity index (χ1v) is 4.56. The van der Waals surface area contributed by atoms with Gasteiger partial charge in [0, 0.05) is 6.07 Å². The van der Waals surface area contributed by atoms with Crippen LogP contribution >= 0.6 is 0 Å². The molecule has 0 aromatic carbocycles. The zero-order chi connectivity index (χ0) is 10.5. The molecule has 0 unspecified atom stereocenters. The SMILES string of the molecule is O/N=C/c1ccc[n+](Cc2ccoc2)c1.[Cl-]. The third kappa shape index (κ3) is 3.10. The standard InChI is InChI=1S/C11H10N2O2.ClH/c14-12-6-10-2-1-4-13(7-10)8-11-3-5-15-9-11;/h1-7,9H,8H2;1H/b12-6+;. The summed E-state index contributed by atoms with van der Waals surface area (Å²) in [5.41, 5.74) is 1.95. The van der Waals surface area contributed by atoms with Crippen LogP contribution in [0.1, 0.15) is 11.1 Å². The van der Waals surface area contributed by atoms with Gasteiger partial charge in [0.05, 0.1) is 29.9 Å². The molecular weight excluding hydrogens is 228 g/mol. The Morgan fingerprint density at radius 1 is 1.44 bits per heavy atom. The van der Waals surface area contributed by atoms with E-state index in [1.54, 1.807) is 12.5 Å². The van der Waals surface area contributed by atoms with E-state index >= 15 is 0 Å². The van der Waals surface area contributed by atoms with Crippen LogP contribution in [0.4, 0.5) is 0 Å². The van der Waals surface area contributed by atoms with E-state index in [1.807, 2.05) is 35.2 Å². The molecular formula is C11H11ClN2O2. The molecule has 0 atom stereocenters. The maximum absolute atomic E-state index is 8.41. The van der Waals surface area contributed by atoms with Gasteiger partial charge < -0.3 is 22.0 Å². The fourth-order valence-electron chi connectivity index (χ4n) is 1.38. The number of rotatable bonds is 3. The second kappa shape index (κ2) is 5.92. The van der Waals surface area contributed by atoms with Crippen molar-refractivity contribution in [2.45, 2.75) is 6.54 Å². The Kier molecular flexibility index (Phi) is 4.54. The van der Waals surface area contributed by atoms with E-state index in [-0.39, 0.29) is 12.4 Å². The smallest absolute Gasteiger partial charge is 0.178 e. The van der Waals surface area contributed by atoms with Gasteiger partial charge in [-0.15, -0.1) is 0 Å². The lowest BCUT2D eigenvalue weighted by Gasteiger charge is -1.94. The molecule has 16 heavy (non-hydrogen) atoms. The topological polar surface area (TPSA) is 49.6 Å². The number of oxime groups is 1. The molecule has 2 heterocycles. The Bertz CT molecular complexity index is 455. The van der Waals surface area contributed by atoms with E-state index in [0.717, 1.165) is 17.7 Å². The van der Waals surface area contributed by atoms with Crippen LogP contribution < -0.4 is 17.0 Å². The van der Waals surface area contributed by atoms with Crippen molar-refractivity contribution in [3.63, 3.8) is 0 Å². The molecule has 0 saturated heterocycles. The average Bonchev–Trinajstić information content (AvgIpc) is 2.71. The molecule has 0 spiro atoms. The lowest BCUT2D eigenvalue weighted by Crippen LogP contribution is -3.00. The van der Waals surface area contributed by atoms with Gasteiger partial charge in [0.25, 0.3) is 0 Å². The van der Waals surface area contributed by atoms with Gasteiger partial charge in [0.1, 0.15) is 0 Å². The average molecular weight is 239 g/mol. The van der Waals surface area contributed by atoms with Gasteiger partial charge in [-0.2, -0.15) is 0 Å². The molecule has 0 saturated carbocycles. The summed E-state index contributed by atoms with van der Waals surface area (Å²) in [6.07, 6.45) is 8.59. The predicted molar refractivity (Wildman–Crippen MR) is 53.8 cm³/mol. The third-order valence-corrected chi connectivity index (χ3v) is 2.03. The molecule has 0 bridgehead atoms. The minimum Gasteiger partial charge on any atom is -1.00 e. The second-order valence-corrected chi connectivity index (χ2v) is 3.19. The molecule has 84 valence electrons. The Hall–Kier alpha value is -1.81. The minimum atomic E-state index is 0. The van der Waals surface area contributed by atoms with Crippen molar-refractivity contribution in [2.24, 2.45) is 5.16 Å². The van der Waals surface area contributed by atoms with Crippen LogP contribution in [0.2, 0.25) is 0 Å². The van der Waals surface area contributed by atoms with Crippen molar-refractivity contribution >= 4 is 6.21 Å². The minimum absolute atomic E-state index is 0. The number of hydrogen-bond donors (Lipinski definition) is 1. The summed E-state index contributed by atoms with van der Waals surface area (Å²) in [5, 5.41) is 11.4. The first-order valence-electron chi connectivity index (χ1n) is 4.56. The zero-order valence-electron chi connectivity index (χ0n) is 8.45. The van der Waals surface area contributed by atoms with E-state index in [0.29, 0.717) is 0 Å².